The Kier molecular flexibility index (Phi) is 7.81. The van der Waals surface area contributed by atoms with Gasteiger partial charge >= 0.3 is 18.9 Å². The number of rotatable bonds is 6. The summed E-state index contributed by atoms with van der Waals surface area (Å²) >= 11 is 0. The fraction of sp³-hybridized carbons (Fsp3) is 0.500. The summed E-state index contributed by atoms with van der Waals surface area (Å²) in [6.07, 6.45) is 5.68. The first kappa shape index (κ1) is 16.7. The second-order valence-corrected chi connectivity index (χ2v) is 5.29. The number of hydrogen-bond acceptors (Lipinski definition) is 3. The first-order chi connectivity index (χ1) is 7.54. The Bertz CT molecular complexity index is 412. The van der Waals surface area contributed by atoms with Crippen LogP contribution in [0.3, 0.4) is 0 Å². The molecule has 0 aromatic heterocycles. The van der Waals surface area contributed by atoms with Crippen molar-refractivity contribution >= 4 is 10.1 Å². The van der Waals surface area contributed by atoms with E-state index in [1.54, 1.807) is 12.1 Å². The maximum atomic E-state index is 10.7. The molecule has 0 aliphatic heterocycles. The molecule has 0 saturated carbocycles. The number of hydrogen-bond donors (Lipinski definition) is 0. The minimum absolute atomic E-state index is 0. The largest absolute Gasteiger partial charge is 1.00 e. The van der Waals surface area contributed by atoms with Gasteiger partial charge in [-0.05, 0) is 30.5 Å². The smallest absolute Gasteiger partial charge is 0.744 e. The van der Waals surface area contributed by atoms with Gasteiger partial charge in [-0.2, -0.15) is 0 Å². The predicted molar refractivity (Wildman–Crippen MR) is 62.3 cm³/mol. The van der Waals surface area contributed by atoms with E-state index < -0.39 is 10.1 Å². The minimum Gasteiger partial charge on any atom is -0.744 e. The van der Waals surface area contributed by atoms with Crippen LogP contribution in [0.5, 0.6) is 0 Å². The van der Waals surface area contributed by atoms with Crippen molar-refractivity contribution in [2.45, 2.75) is 43.9 Å². The Morgan fingerprint density at radius 3 is 2.12 bits per heavy atom. The number of unbranched alkanes of at least 4 members (excludes halogenated alkanes) is 3. The normalized spacial score (nSPS) is 10.9. The van der Waals surface area contributed by atoms with Crippen LogP contribution in [0.2, 0.25) is 0 Å². The van der Waals surface area contributed by atoms with E-state index in [0.29, 0.717) is 0 Å². The molecule has 17 heavy (non-hydrogen) atoms. The molecule has 0 radical (unpaired) electrons. The van der Waals surface area contributed by atoms with E-state index in [0.717, 1.165) is 18.4 Å². The van der Waals surface area contributed by atoms with Crippen molar-refractivity contribution in [1.29, 1.82) is 0 Å². The quantitative estimate of drug-likeness (QED) is 0.395. The molecule has 0 atom stereocenters. The van der Waals surface area contributed by atoms with Crippen LogP contribution in [0, 0.1) is 0 Å². The summed E-state index contributed by atoms with van der Waals surface area (Å²) in [6.45, 7) is 2.16. The van der Waals surface area contributed by atoms with Gasteiger partial charge in [-0.3, -0.25) is 0 Å². The Labute approximate surface area is 116 Å². The molecule has 0 saturated heterocycles. The van der Waals surface area contributed by atoms with E-state index in [1.165, 1.54) is 31.4 Å². The molecule has 0 aliphatic rings. The van der Waals surface area contributed by atoms with Gasteiger partial charge in [-0.15, -0.1) is 0 Å². The summed E-state index contributed by atoms with van der Waals surface area (Å²) in [5, 5.41) is 0. The van der Waals surface area contributed by atoms with Gasteiger partial charge in [-0.25, -0.2) is 8.42 Å². The molecular weight excluding hydrogens is 231 g/mol. The summed E-state index contributed by atoms with van der Waals surface area (Å²) in [5.41, 5.74) is 1.09. The van der Waals surface area contributed by atoms with Crippen LogP contribution in [-0.4, -0.2) is 13.0 Å². The van der Waals surface area contributed by atoms with Gasteiger partial charge in [0.05, 0.1) is 4.90 Å². The summed E-state index contributed by atoms with van der Waals surface area (Å²) in [7, 11) is -4.30. The van der Waals surface area contributed by atoms with Gasteiger partial charge in [0.1, 0.15) is 10.1 Å². The molecule has 90 valence electrons. The molecule has 1 aromatic rings. The van der Waals surface area contributed by atoms with E-state index in [-0.39, 0.29) is 23.8 Å². The third kappa shape index (κ3) is 6.28. The van der Waals surface area contributed by atoms with Crippen LogP contribution in [0.1, 0.15) is 38.2 Å². The van der Waals surface area contributed by atoms with Crippen molar-refractivity contribution in [2.75, 3.05) is 0 Å². The summed E-state index contributed by atoms with van der Waals surface area (Å²) in [6, 6.07) is 6.21. The molecule has 0 aliphatic carbocycles. The number of benzene rings is 1. The second-order valence-electron chi connectivity index (χ2n) is 3.91. The fourth-order valence-electron chi connectivity index (χ4n) is 1.58. The van der Waals surface area contributed by atoms with Crippen molar-refractivity contribution in [3.63, 3.8) is 0 Å². The predicted octanol–water partition coefficient (Wildman–Crippen LogP) is -0.282. The van der Waals surface area contributed by atoms with Crippen LogP contribution >= 0.6 is 0 Å². The zero-order valence-corrected chi connectivity index (χ0v) is 11.3. The molecule has 1 rings (SSSR count). The Morgan fingerprint density at radius 1 is 1.06 bits per heavy atom. The number of aryl methyl sites for hydroxylation is 1. The molecule has 0 spiro atoms. The molecule has 0 amide bonds. The SMILES string of the molecule is CCCCCCc1ccc(S(=O)(=O)[O-])cc1.[Li+]. The topological polar surface area (TPSA) is 57.2 Å². The van der Waals surface area contributed by atoms with Crippen molar-refractivity contribution in [1.82, 2.24) is 0 Å². The van der Waals surface area contributed by atoms with Gasteiger partial charge in [-0.1, -0.05) is 38.3 Å². The molecular formula is C12H17LiO3S. The van der Waals surface area contributed by atoms with Gasteiger partial charge in [0.25, 0.3) is 0 Å². The van der Waals surface area contributed by atoms with Crippen LogP contribution in [-0.2, 0) is 16.5 Å². The van der Waals surface area contributed by atoms with Gasteiger partial charge in [0.2, 0.25) is 0 Å². The van der Waals surface area contributed by atoms with Crippen molar-refractivity contribution in [3.8, 4) is 0 Å². The van der Waals surface area contributed by atoms with E-state index in [4.69, 9.17) is 0 Å². The average molecular weight is 248 g/mol. The summed E-state index contributed by atoms with van der Waals surface area (Å²) in [4.78, 5) is -0.148. The van der Waals surface area contributed by atoms with Crippen LogP contribution < -0.4 is 18.9 Å². The first-order valence-corrected chi connectivity index (χ1v) is 6.99. The third-order valence-electron chi connectivity index (χ3n) is 2.53. The minimum atomic E-state index is -4.30. The standard InChI is InChI=1S/C12H18O3S.Li/c1-2-3-4-5-6-11-7-9-12(10-8-11)16(13,14)15;/h7-10H,2-6H2,1H3,(H,13,14,15);/q;+1/p-1. The zero-order chi connectivity index (χ0) is 12.0. The monoisotopic (exact) mass is 248 g/mol. The van der Waals surface area contributed by atoms with E-state index >= 15 is 0 Å². The van der Waals surface area contributed by atoms with E-state index in [9.17, 15) is 13.0 Å². The molecule has 0 unspecified atom stereocenters. The molecule has 0 N–H and O–H groups in total. The van der Waals surface area contributed by atoms with Crippen molar-refractivity contribution in [2.24, 2.45) is 0 Å². The molecule has 1 aromatic carbocycles. The van der Waals surface area contributed by atoms with Gasteiger partial charge in [0, 0.05) is 0 Å². The van der Waals surface area contributed by atoms with Gasteiger partial charge < -0.3 is 4.55 Å². The summed E-state index contributed by atoms with van der Waals surface area (Å²) < 4.78 is 32.1. The molecule has 3 nitrogen and oxygen atoms in total. The van der Waals surface area contributed by atoms with Crippen molar-refractivity contribution < 1.29 is 31.8 Å². The molecule has 0 fully saturated rings. The fourth-order valence-corrected chi connectivity index (χ4v) is 2.05. The second kappa shape index (κ2) is 7.94. The first-order valence-electron chi connectivity index (χ1n) is 5.59. The van der Waals surface area contributed by atoms with Crippen LogP contribution in [0.15, 0.2) is 29.2 Å². The van der Waals surface area contributed by atoms with Crippen molar-refractivity contribution in [3.05, 3.63) is 29.8 Å². The molecule has 0 bridgehead atoms. The van der Waals surface area contributed by atoms with Gasteiger partial charge in [0.15, 0.2) is 0 Å². The Hall–Kier alpha value is -0.273. The average Bonchev–Trinajstić information content (AvgIpc) is 2.24. The zero-order valence-electron chi connectivity index (χ0n) is 10.5. The third-order valence-corrected chi connectivity index (χ3v) is 3.38. The molecule has 0 heterocycles. The molecule has 5 heteroatoms. The Morgan fingerprint density at radius 2 is 1.65 bits per heavy atom. The van der Waals surface area contributed by atoms with Crippen LogP contribution in [0.25, 0.3) is 0 Å². The summed E-state index contributed by atoms with van der Waals surface area (Å²) in [5.74, 6) is 0. The van der Waals surface area contributed by atoms with E-state index in [2.05, 4.69) is 6.92 Å². The maximum Gasteiger partial charge on any atom is 1.00 e. The van der Waals surface area contributed by atoms with E-state index in [1.807, 2.05) is 0 Å². The maximum absolute atomic E-state index is 10.7. The van der Waals surface area contributed by atoms with Crippen LogP contribution in [0.4, 0.5) is 0 Å². The Balaban J connectivity index is 0.00000256.